The maximum Gasteiger partial charge on any atom is 0.332 e. The number of nitrogens with zero attached hydrogens (tertiary/aromatic N) is 2. The third-order valence-electron chi connectivity index (χ3n) is 4.61. The van der Waals surface area contributed by atoms with Gasteiger partial charge in [-0.1, -0.05) is 90.4 Å². The van der Waals surface area contributed by atoms with Crippen molar-refractivity contribution in [2.24, 2.45) is 4.99 Å². The molecule has 24 heavy (non-hydrogen) atoms. The van der Waals surface area contributed by atoms with E-state index in [4.69, 9.17) is 4.84 Å². The first-order valence-corrected chi connectivity index (χ1v) is 10.3. The molecule has 0 fully saturated rings. The summed E-state index contributed by atoms with van der Waals surface area (Å²) in [6.07, 6.45) is 20.8. The van der Waals surface area contributed by atoms with Crippen molar-refractivity contribution in [1.82, 2.24) is 5.06 Å². The normalized spacial score (nSPS) is 13.6. The second kappa shape index (κ2) is 15.5. The van der Waals surface area contributed by atoms with Gasteiger partial charge in [-0.25, -0.2) is 4.79 Å². The summed E-state index contributed by atoms with van der Waals surface area (Å²) in [5.74, 6) is -0.123. The van der Waals surface area contributed by atoms with Crippen molar-refractivity contribution in [1.29, 1.82) is 0 Å². The molecule has 0 aromatic carbocycles. The van der Waals surface area contributed by atoms with Crippen LogP contribution in [0.2, 0.25) is 0 Å². The number of rotatable bonds is 16. The van der Waals surface area contributed by atoms with Crippen LogP contribution >= 0.6 is 0 Å². The van der Waals surface area contributed by atoms with Crippen molar-refractivity contribution >= 4 is 12.3 Å². The van der Waals surface area contributed by atoms with Crippen molar-refractivity contribution in [3.05, 3.63) is 0 Å². The molecule has 1 rings (SSSR count). The fraction of sp³-hybridized carbons (Fsp3) is 0.900. The Hall–Kier alpha value is -1.06. The fourth-order valence-electron chi connectivity index (χ4n) is 3.07. The zero-order valence-corrected chi connectivity index (χ0v) is 15.8. The molecule has 140 valence electrons. The minimum atomic E-state index is -0.123. The van der Waals surface area contributed by atoms with E-state index in [-0.39, 0.29) is 5.97 Å². The van der Waals surface area contributed by atoms with Crippen LogP contribution in [0.4, 0.5) is 0 Å². The molecule has 0 amide bonds. The van der Waals surface area contributed by atoms with Crippen molar-refractivity contribution < 1.29 is 9.63 Å². The molecule has 0 saturated carbocycles. The van der Waals surface area contributed by atoms with E-state index in [1.165, 1.54) is 82.1 Å². The number of hydrogen-bond acceptors (Lipinski definition) is 4. The van der Waals surface area contributed by atoms with Crippen LogP contribution in [0, 0.1) is 0 Å². The van der Waals surface area contributed by atoms with Crippen LogP contribution in [-0.4, -0.2) is 30.5 Å². The van der Waals surface area contributed by atoms with Gasteiger partial charge in [0.25, 0.3) is 0 Å². The van der Waals surface area contributed by atoms with E-state index in [1.807, 2.05) is 0 Å². The van der Waals surface area contributed by atoms with Crippen LogP contribution in [0.3, 0.4) is 0 Å². The Morgan fingerprint density at radius 1 is 0.875 bits per heavy atom. The highest BCUT2D eigenvalue weighted by Crippen LogP contribution is 2.13. The molecule has 0 atom stereocenters. The van der Waals surface area contributed by atoms with Crippen molar-refractivity contribution in [3.63, 3.8) is 0 Å². The first kappa shape index (κ1) is 21.0. The van der Waals surface area contributed by atoms with E-state index >= 15 is 0 Å². The van der Waals surface area contributed by atoms with Gasteiger partial charge in [-0.05, 0) is 6.42 Å². The SMILES string of the molecule is CCCCCCCCCCCCCCCCC(=O)ON1C=NCC1. The Bertz CT molecular complexity index is 332. The number of carbonyl (C=O) groups excluding carboxylic acids is 1. The van der Waals surface area contributed by atoms with Gasteiger partial charge < -0.3 is 4.84 Å². The zero-order chi connectivity index (χ0) is 17.3. The van der Waals surface area contributed by atoms with Gasteiger partial charge in [0.15, 0.2) is 0 Å². The highest BCUT2D eigenvalue weighted by atomic mass is 16.7. The Labute approximate surface area is 149 Å². The summed E-state index contributed by atoms with van der Waals surface area (Å²) >= 11 is 0. The van der Waals surface area contributed by atoms with Crippen LogP contribution < -0.4 is 0 Å². The van der Waals surface area contributed by atoms with Crippen LogP contribution in [-0.2, 0) is 9.63 Å². The molecule has 0 aromatic heterocycles. The molecular weight excluding hydrogens is 300 g/mol. The van der Waals surface area contributed by atoms with Gasteiger partial charge >= 0.3 is 5.97 Å². The lowest BCUT2D eigenvalue weighted by Crippen LogP contribution is -2.24. The van der Waals surface area contributed by atoms with Crippen LogP contribution in [0.25, 0.3) is 0 Å². The standard InChI is InChI=1S/C20H38N2O2/c1-2-3-4-5-6-7-8-9-10-11-12-13-14-15-16-20(23)24-22-18-17-21-19-22/h19H,2-18H2,1H3. The lowest BCUT2D eigenvalue weighted by atomic mass is 10.0. The molecule has 0 saturated heterocycles. The quantitative estimate of drug-likeness (QED) is 0.341. The lowest BCUT2D eigenvalue weighted by Gasteiger charge is -2.12. The number of hydroxylamine groups is 2. The highest BCUT2D eigenvalue weighted by molar-refractivity contribution is 5.70. The molecule has 4 heteroatoms. The topological polar surface area (TPSA) is 41.9 Å². The monoisotopic (exact) mass is 338 g/mol. The van der Waals surface area contributed by atoms with Crippen LogP contribution in [0.15, 0.2) is 4.99 Å². The third kappa shape index (κ3) is 12.4. The largest absolute Gasteiger partial charge is 0.340 e. The number of aliphatic imine (C=N–C) groups is 1. The predicted molar refractivity (Wildman–Crippen MR) is 101 cm³/mol. The molecule has 4 nitrogen and oxygen atoms in total. The number of hydrogen-bond donors (Lipinski definition) is 0. The fourth-order valence-corrected chi connectivity index (χ4v) is 3.07. The molecule has 0 aliphatic carbocycles. The number of unbranched alkanes of at least 4 members (excludes halogenated alkanes) is 13. The molecular formula is C20H38N2O2. The molecule has 0 bridgehead atoms. The van der Waals surface area contributed by atoms with E-state index in [0.29, 0.717) is 13.0 Å². The zero-order valence-electron chi connectivity index (χ0n) is 15.8. The summed E-state index contributed by atoms with van der Waals surface area (Å²) in [6.45, 7) is 3.70. The lowest BCUT2D eigenvalue weighted by molar-refractivity contribution is -0.170. The minimum Gasteiger partial charge on any atom is -0.340 e. The first-order valence-electron chi connectivity index (χ1n) is 10.3. The smallest absolute Gasteiger partial charge is 0.332 e. The molecule has 0 spiro atoms. The van der Waals surface area contributed by atoms with E-state index in [1.54, 1.807) is 6.34 Å². The summed E-state index contributed by atoms with van der Waals surface area (Å²) in [7, 11) is 0. The molecule has 0 unspecified atom stereocenters. The molecule has 1 heterocycles. The van der Waals surface area contributed by atoms with Gasteiger partial charge in [-0.15, -0.1) is 0 Å². The van der Waals surface area contributed by atoms with Crippen LogP contribution in [0.5, 0.6) is 0 Å². The molecule has 1 aliphatic rings. The van der Waals surface area contributed by atoms with Gasteiger partial charge in [0.2, 0.25) is 0 Å². The Morgan fingerprint density at radius 2 is 1.38 bits per heavy atom. The second-order valence-electron chi connectivity index (χ2n) is 6.97. The summed E-state index contributed by atoms with van der Waals surface area (Å²) < 4.78 is 0. The van der Waals surface area contributed by atoms with Gasteiger partial charge in [0.05, 0.1) is 13.1 Å². The summed E-state index contributed by atoms with van der Waals surface area (Å²) in [5.41, 5.74) is 0. The second-order valence-corrected chi connectivity index (χ2v) is 6.97. The van der Waals surface area contributed by atoms with Gasteiger partial charge in [-0.3, -0.25) is 4.99 Å². The van der Waals surface area contributed by atoms with Gasteiger partial charge in [0.1, 0.15) is 6.34 Å². The predicted octanol–water partition coefficient (Wildman–Crippen LogP) is 5.66. The Morgan fingerprint density at radius 3 is 1.83 bits per heavy atom. The van der Waals surface area contributed by atoms with E-state index in [0.717, 1.165) is 19.4 Å². The van der Waals surface area contributed by atoms with Gasteiger partial charge in [0, 0.05) is 6.42 Å². The van der Waals surface area contributed by atoms with Gasteiger partial charge in [-0.2, -0.15) is 5.06 Å². The maximum atomic E-state index is 11.6. The summed E-state index contributed by atoms with van der Waals surface area (Å²) in [5, 5.41) is 1.53. The highest BCUT2D eigenvalue weighted by Gasteiger charge is 2.11. The van der Waals surface area contributed by atoms with Crippen molar-refractivity contribution in [2.45, 2.75) is 103 Å². The molecule has 0 aromatic rings. The van der Waals surface area contributed by atoms with Crippen molar-refractivity contribution in [3.8, 4) is 0 Å². The first-order chi connectivity index (χ1) is 11.8. The number of carbonyl (C=O) groups is 1. The third-order valence-corrected chi connectivity index (χ3v) is 4.61. The summed E-state index contributed by atoms with van der Waals surface area (Å²) in [4.78, 5) is 20.8. The van der Waals surface area contributed by atoms with Crippen LogP contribution in [0.1, 0.15) is 103 Å². The molecule has 0 N–H and O–H groups in total. The van der Waals surface area contributed by atoms with Crippen molar-refractivity contribution in [2.75, 3.05) is 13.1 Å². The van der Waals surface area contributed by atoms with E-state index < -0.39 is 0 Å². The molecule has 0 radical (unpaired) electrons. The average molecular weight is 339 g/mol. The summed E-state index contributed by atoms with van der Waals surface area (Å²) in [6, 6.07) is 0. The van der Waals surface area contributed by atoms with E-state index in [9.17, 15) is 4.79 Å². The van der Waals surface area contributed by atoms with E-state index in [2.05, 4.69) is 11.9 Å². The molecule has 1 aliphatic heterocycles. The average Bonchev–Trinajstić information content (AvgIpc) is 3.08. The Kier molecular flexibility index (Phi) is 13.5. The maximum absolute atomic E-state index is 11.6. The Balaban J connectivity index is 1.73. The minimum absolute atomic E-state index is 0.123.